The van der Waals surface area contributed by atoms with E-state index in [1.54, 1.807) is 31.2 Å². The molecule has 18 heteroatoms. The maximum absolute atomic E-state index is 14.5. The number of nitrogens with one attached hydrogen (secondary N) is 4. The molecule has 57 heavy (non-hydrogen) atoms. The Morgan fingerprint density at radius 2 is 1.65 bits per heavy atom. The molecule has 2 saturated heterocycles. The normalized spacial score (nSPS) is 25.3. The number of nitrogens with zero attached hydrogens (tertiary/aromatic N) is 3. The van der Waals surface area contributed by atoms with Crippen LogP contribution in [0, 0.1) is 24.5 Å². The van der Waals surface area contributed by atoms with Crippen LogP contribution in [0.4, 0.5) is 19.3 Å². The molecule has 3 aliphatic rings. The molecule has 2 fully saturated rings. The Hall–Kier alpha value is -6.17. The fourth-order valence-electron chi connectivity index (χ4n) is 6.82. The van der Waals surface area contributed by atoms with Gasteiger partial charge >= 0.3 is 12.0 Å². The van der Waals surface area contributed by atoms with Crippen LogP contribution in [0.5, 0.6) is 0 Å². The summed E-state index contributed by atoms with van der Waals surface area (Å²) in [6.45, 7) is 9.65. The molecule has 5 rings (SSSR count). The summed E-state index contributed by atoms with van der Waals surface area (Å²) >= 11 is 0. The van der Waals surface area contributed by atoms with Crippen molar-refractivity contribution in [2.75, 3.05) is 25.5 Å². The number of urea groups is 1. The van der Waals surface area contributed by atoms with Crippen LogP contribution in [0.1, 0.15) is 38.3 Å². The first kappa shape index (κ1) is 42.0. The molecule has 0 aromatic heterocycles. The van der Waals surface area contributed by atoms with Gasteiger partial charge in [-0.1, -0.05) is 31.2 Å². The molecule has 0 spiro atoms. The lowest BCUT2D eigenvalue weighted by Gasteiger charge is -2.33. The molecule has 3 aliphatic heterocycles. The van der Waals surface area contributed by atoms with Gasteiger partial charge in [0.1, 0.15) is 53.3 Å². The summed E-state index contributed by atoms with van der Waals surface area (Å²) in [6.07, 6.45) is -2.14. The van der Waals surface area contributed by atoms with E-state index in [0.717, 1.165) is 33.6 Å². The third-order valence-corrected chi connectivity index (χ3v) is 9.88. The van der Waals surface area contributed by atoms with Gasteiger partial charge in [0.05, 0.1) is 12.6 Å². The zero-order chi connectivity index (χ0) is 41.9. The van der Waals surface area contributed by atoms with E-state index < -0.39 is 114 Å². The minimum absolute atomic E-state index is 0.0350. The second-order valence-electron chi connectivity index (χ2n) is 14.5. The number of benzene rings is 2. The highest BCUT2D eigenvalue weighted by Gasteiger charge is 2.45. The lowest BCUT2D eigenvalue weighted by atomic mass is 10.0. The molecule has 2 aromatic rings. The summed E-state index contributed by atoms with van der Waals surface area (Å²) in [7, 11) is 1.20. The number of halogens is 2. The topological polar surface area (TPSA) is 207 Å². The van der Waals surface area contributed by atoms with Gasteiger partial charge in [-0.15, -0.1) is 0 Å². The minimum atomic E-state index is -1.82. The first-order chi connectivity index (χ1) is 26.8. The minimum Gasteiger partial charge on any atom is -0.458 e. The fourth-order valence-corrected chi connectivity index (χ4v) is 6.82. The van der Waals surface area contributed by atoms with Crippen LogP contribution in [-0.2, 0) is 39.9 Å². The molecule has 0 unspecified atom stereocenters. The van der Waals surface area contributed by atoms with Crippen molar-refractivity contribution in [3.8, 4) is 0 Å². The summed E-state index contributed by atoms with van der Waals surface area (Å²) < 4.78 is 34.3. The van der Waals surface area contributed by atoms with Crippen molar-refractivity contribution in [2.24, 2.45) is 5.92 Å². The van der Waals surface area contributed by atoms with Crippen LogP contribution >= 0.6 is 0 Å². The number of amides is 7. The van der Waals surface area contributed by atoms with Crippen molar-refractivity contribution in [3.63, 3.8) is 0 Å². The number of rotatable bonds is 6. The molecule has 16 nitrogen and oxygen atoms in total. The third kappa shape index (κ3) is 9.80. The highest BCUT2D eigenvalue weighted by atomic mass is 19.1. The van der Waals surface area contributed by atoms with Crippen molar-refractivity contribution in [2.45, 2.75) is 76.9 Å². The number of carbonyl (C=O) groups is 7. The van der Waals surface area contributed by atoms with Crippen LogP contribution in [0.25, 0.3) is 0 Å². The Labute approximate surface area is 327 Å². The van der Waals surface area contributed by atoms with Crippen LogP contribution in [-0.4, -0.2) is 118 Å². The van der Waals surface area contributed by atoms with Gasteiger partial charge in [0.2, 0.25) is 11.8 Å². The number of anilines is 1. The number of cyclic esters (lactones) is 1. The quantitative estimate of drug-likeness (QED) is 0.211. The number of esters is 1. The summed E-state index contributed by atoms with van der Waals surface area (Å²) in [5, 5.41) is 20.6. The van der Waals surface area contributed by atoms with Crippen LogP contribution in [0.15, 0.2) is 66.5 Å². The van der Waals surface area contributed by atoms with Crippen molar-refractivity contribution in [3.05, 3.63) is 89.3 Å². The van der Waals surface area contributed by atoms with Gasteiger partial charge in [0, 0.05) is 31.8 Å². The van der Waals surface area contributed by atoms with Gasteiger partial charge in [-0.05, 0) is 69.0 Å². The smallest absolute Gasteiger partial charge is 0.329 e. The molecule has 0 bridgehead atoms. The number of ether oxygens (including phenoxy) is 1. The molecule has 0 aliphatic carbocycles. The van der Waals surface area contributed by atoms with Gasteiger partial charge in [0.15, 0.2) is 0 Å². The van der Waals surface area contributed by atoms with Gasteiger partial charge < -0.3 is 45.8 Å². The molecular formula is C39H45F2N7O9. The summed E-state index contributed by atoms with van der Waals surface area (Å²) in [6, 6.07) is 2.59. The molecule has 2 aromatic carbocycles. The monoisotopic (exact) mass is 793 g/mol. The second kappa shape index (κ2) is 17.3. The average molecular weight is 794 g/mol. The van der Waals surface area contributed by atoms with Crippen molar-refractivity contribution < 1.29 is 52.2 Å². The Kier molecular flexibility index (Phi) is 12.8. The van der Waals surface area contributed by atoms with Crippen molar-refractivity contribution in [1.29, 1.82) is 0 Å². The van der Waals surface area contributed by atoms with Crippen molar-refractivity contribution in [1.82, 2.24) is 30.7 Å². The second-order valence-corrected chi connectivity index (χ2v) is 14.5. The number of fused-ring (bicyclic) bond motifs is 2. The maximum atomic E-state index is 14.5. The van der Waals surface area contributed by atoms with E-state index in [9.17, 15) is 47.4 Å². The highest BCUT2D eigenvalue weighted by molar-refractivity contribution is 6.06. The van der Waals surface area contributed by atoms with Crippen LogP contribution in [0.3, 0.4) is 0 Å². The molecule has 7 amide bonds. The van der Waals surface area contributed by atoms with Crippen LogP contribution < -0.4 is 21.3 Å². The number of aliphatic hydroxyl groups is 1. The van der Waals surface area contributed by atoms with E-state index in [1.807, 2.05) is 6.92 Å². The average Bonchev–Trinajstić information content (AvgIpc) is 3.74. The number of hydrogen-bond donors (Lipinski definition) is 5. The van der Waals surface area contributed by atoms with E-state index in [-0.39, 0.29) is 24.4 Å². The van der Waals surface area contributed by atoms with Crippen molar-refractivity contribution >= 4 is 47.2 Å². The van der Waals surface area contributed by atoms with Gasteiger partial charge in [-0.25, -0.2) is 18.4 Å². The Balaban J connectivity index is 1.52. The summed E-state index contributed by atoms with van der Waals surface area (Å²) in [5.41, 5.74) is 0.413. The molecular weight excluding hydrogens is 748 g/mol. The Bertz CT molecular complexity index is 1990. The molecule has 7 atom stereocenters. The van der Waals surface area contributed by atoms with E-state index in [0.29, 0.717) is 11.8 Å². The van der Waals surface area contributed by atoms with Crippen LogP contribution in [0.2, 0.25) is 0 Å². The lowest BCUT2D eigenvalue weighted by Crippen LogP contribution is -2.60. The Morgan fingerprint density at radius 1 is 1.00 bits per heavy atom. The van der Waals surface area contributed by atoms with E-state index >= 15 is 0 Å². The maximum Gasteiger partial charge on any atom is 0.329 e. The number of hydrogen-bond acceptors (Lipinski definition) is 9. The highest BCUT2D eigenvalue weighted by Crippen LogP contribution is 2.27. The van der Waals surface area contributed by atoms with E-state index in [1.165, 1.54) is 25.8 Å². The number of aliphatic hydroxyl groups excluding tert-OH is 1. The molecule has 3 heterocycles. The zero-order valence-corrected chi connectivity index (χ0v) is 32.0. The standard InChI is InChI=1S/C39H45F2N7O9/c1-19-7-9-27(10-8-19)43-39(56)44-29(14-24-12-25(40)15-26(41)13-24)34(51)45-32-23(5)57-38(55)31-11-20(2)17-47(31)35(52)21(3)42-33(50)22(4)46(6)36(53)30-16-28(49)18-48(30)37(32)54/h7-10,12-13,15-16,20-21,23,28-29,31-32,49H,4,11,14,17-18H2,1-3,5-6H3,(H,42,50)(H,45,51)(H2,43,44,56)/t20-,21-,23-,28+,29-,31-,32-/m0/s1. The molecule has 5 N–H and O–H groups in total. The van der Waals surface area contributed by atoms with Gasteiger partial charge in [-0.2, -0.15) is 0 Å². The lowest BCUT2D eigenvalue weighted by molar-refractivity contribution is -0.161. The molecule has 304 valence electrons. The molecule has 0 radical (unpaired) electrons. The summed E-state index contributed by atoms with van der Waals surface area (Å²) in [4.78, 5) is 99.1. The number of carbonyl (C=O) groups excluding carboxylic acids is 7. The predicted molar refractivity (Wildman–Crippen MR) is 199 cm³/mol. The predicted octanol–water partition coefficient (Wildman–Crippen LogP) is 1.24. The first-order valence-electron chi connectivity index (χ1n) is 18.2. The van der Waals surface area contributed by atoms with E-state index in [2.05, 4.69) is 27.8 Å². The largest absolute Gasteiger partial charge is 0.458 e. The van der Waals surface area contributed by atoms with Gasteiger partial charge in [0.25, 0.3) is 17.7 Å². The first-order valence-corrected chi connectivity index (χ1v) is 18.2. The Morgan fingerprint density at radius 3 is 2.30 bits per heavy atom. The third-order valence-electron chi connectivity index (χ3n) is 9.88. The molecule has 0 saturated carbocycles. The van der Waals surface area contributed by atoms with E-state index in [4.69, 9.17) is 4.74 Å². The van der Waals surface area contributed by atoms with Gasteiger partial charge in [-0.3, -0.25) is 24.0 Å². The number of likely N-dealkylation sites (N-methyl/N-ethyl adjacent to an activating group) is 1. The SMILES string of the molecule is C=C1C(=O)N[C@@H](C)C(=O)N2C[C@@H](C)C[C@H]2C(=O)O[C@@H](C)[C@H](NC(=O)[C@H](Cc2cc(F)cc(F)c2)NC(=O)Nc2ccc(C)cc2)C(=O)N2C[C@H](O)C=C2C(=O)N1C. The number of aryl methyl sites for hydroxylation is 1. The summed E-state index contributed by atoms with van der Waals surface area (Å²) in [5.74, 6) is -7.61. The fraction of sp³-hybridized carbons (Fsp3) is 0.410. The zero-order valence-electron chi connectivity index (χ0n) is 32.0.